The second-order valence-corrected chi connectivity index (χ2v) is 7.14. The van der Waals surface area contributed by atoms with E-state index in [9.17, 15) is 5.26 Å². The minimum atomic E-state index is 0.390. The summed E-state index contributed by atoms with van der Waals surface area (Å²) in [7, 11) is 0. The van der Waals surface area contributed by atoms with Crippen molar-refractivity contribution in [3.8, 4) is 6.07 Å². The van der Waals surface area contributed by atoms with E-state index in [0.29, 0.717) is 17.1 Å². The van der Waals surface area contributed by atoms with Gasteiger partial charge in [-0.25, -0.2) is 4.31 Å². The van der Waals surface area contributed by atoms with Crippen LogP contribution in [-0.2, 0) is 5.75 Å². The van der Waals surface area contributed by atoms with Crippen LogP contribution in [0.1, 0.15) is 38.8 Å². The molecular weight excluding hydrogens is 298 g/mol. The minimum absolute atomic E-state index is 0.390. The summed E-state index contributed by atoms with van der Waals surface area (Å²) in [6.45, 7) is 10.6. The fourth-order valence-corrected chi connectivity index (χ4v) is 3.24. The molecule has 0 atom stereocenters. The van der Waals surface area contributed by atoms with E-state index in [1.807, 2.05) is 0 Å². The fraction of sp³-hybridized carbons (Fsp3) is 0.500. The van der Waals surface area contributed by atoms with Gasteiger partial charge in [0.2, 0.25) is 0 Å². The summed E-state index contributed by atoms with van der Waals surface area (Å²) >= 11 is 2.87. The summed E-state index contributed by atoms with van der Waals surface area (Å²) in [4.78, 5) is 0. The van der Waals surface area contributed by atoms with E-state index in [4.69, 9.17) is 0 Å². The van der Waals surface area contributed by atoms with E-state index in [2.05, 4.69) is 73.7 Å². The summed E-state index contributed by atoms with van der Waals surface area (Å²) in [5, 5.41) is 9.73. The summed E-state index contributed by atoms with van der Waals surface area (Å²) < 4.78 is 6.56. The molecule has 0 radical (unpaired) electrons. The largest absolute Gasteiger partial charge is 0.226 e. The highest BCUT2D eigenvalue weighted by molar-refractivity contribution is 8.14. The number of aryl methyl sites for hydroxylation is 1. The molecule has 5 heteroatoms. The van der Waals surface area contributed by atoms with Crippen LogP contribution in [0, 0.1) is 18.3 Å². The smallest absolute Gasteiger partial charge is 0.183 e. The van der Waals surface area contributed by atoms with E-state index in [1.54, 1.807) is 0 Å². The van der Waals surface area contributed by atoms with Crippen molar-refractivity contribution in [2.45, 2.75) is 52.5 Å². The standard InChI is InChI=1S/C16H23N3S2/c1-12(2)19(13(3)4)21-18-16(10-17)20-11-15-8-6-14(5)7-9-15/h6-9,12-13H,11H2,1-5H3/b18-16+. The normalized spacial score (nSPS) is 12.2. The predicted molar refractivity (Wildman–Crippen MR) is 95.2 cm³/mol. The van der Waals surface area contributed by atoms with Crippen molar-refractivity contribution >= 4 is 28.9 Å². The molecule has 1 aromatic carbocycles. The van der Waals surface area contributed by atoms with Crippen LogP contribution < -0.4 is 0 Å². The Balaban J connectivity index is 2.60. The molecular formula is C16H23N3S2. The molecule has 21 heavy (non-hydrogen) atoms. The summed E-state index contributed by atoms with van der Waals surface area (Å²) in [5.41, 5.74) is 2.46. The zero-order valence-electron chi connectivity index (χ0n) is 13.3. The van der Waals surface area contributed by atoms with Gasteiger partial charge in [-0.3, -0.25) is 0 Å². The maximum Gasteiger partial charge on any atom is 0.183 e. The monoisotopic (exact) mass is 321 g/mol. The third kappa shape index (κ3) is 6.56. The first kappa shape index (κ1) is 18.1. The molecule has 0 aliphatic carbocycles. The average Bonchev–Trinajstić information content (AvgIpc) is 2.43. The van der Waals surface area contributed by atoms with Crippen LogP contribution in [0.2, 0.25) is 0 Å². The molecule has 0 saturated heterocycles. The van der Waals surface area contributed by atoms with E-state index in [0.717, 1.165) is 5.75 Å². The van der Waals surface area contributed by atoms with Gasteiger partial charge in [0.1, 0.15) is 6.07 Å². The van der Waals surface area contributed by atoms with E-state index >= 15 is 0 Å². The molecule has 1 aromatic rings. The molecule has 0 spiro atoms. The summed E-state index contributed by atoms with van der Waals surface area (Å²) in [6.07, 6.45) is 0. The van der Waals surface area contributed by atoms with Crippen molar-refractivity contribution in [3.63, 3.8) is 0 Å². The van der Waals surface area contributed by atoms with Gasteiger partial charge in [0.25, 0.3) is 0 Å². The van der Waals surface area contributed by atoms with Gasteiger partial charge in [0.15, 0.2) is 5.04 Å². The van der Waals surface area contributed by atoms with E-state index < -0.39 is 0 Å². The average molecular weight is 322 g/mol. The predicted octanol–water partition coefficient (Wildman–Crippen LogP) is 4.83. The highest BCUT2D eigenvalue weighted by Gasteiger charge is 2.14. The van der Waals surface area contributed by atoms with Crippen molar-refractivity contribution in [1.29, 1.82) is 5.26 Å². The van der Waals surface area contributed by atoms with Gasteiger partial charge < -0.3 is 0 Å². The van der Waals surface area contributed by atoms with Gasteiger partial charge in [0, 0.05) is 17.8 Å². The molecule has 0 aliphatic heterocycles. The topological polar surface area (TPSA) is 39.4 Å². The van der Waals surface area contributed by atoms with Crippen LogP contribution in [-0.4, -0.2) is 21.4 Å². The molecule has 114 valence electrons. The number of nitriles is 1. The third-order valence-corrected chi connectivity index (χ3v) is 5.17. The van der Waals surface area contributed by atoms with Crippen molar-refractivity contribution in [1.82, 2.24) is 4.31 Å². The fourth-order valence-electron chi connectivity index (χ4n) is 1.78. The van der Waals surface area contributed by atoms with E-state index in [-0.39, 0.29) is 0 Å². The first-order chi connectivity index (χ1) is 9.93. The molecule has 0 amide bonds. The molecule has 0 heterocycles. The van der Waals surface area contributed by atoms with Crippen LogP contribution in [0.5, 0.6) is 0 Å². The van der Waals surface area contributed by atoms with Crippen molar-refractivity contribution in [2.75, 3.05) is 0 Å². The molecule has 0 aromatic heterocycles. The summed E-state index contributed by atoms with van der Waals surface area (Å²) in [5.74, 6) is 0.774. The lowest BCUT2D eigenvalue weighted by atomic mass is 10.2. The van der Waals surface area contributed by atoms with Gasteiger partial charge in [-0.05, 0) is 40.2 Å². The number of nitrogens with zero attached hydrogens (tertiary/aromatic N) is 3. The van der Waals surface area contributed by atoms with Gasteiger partial charge in [-0.15, -0.1) is 0 Å². The Morgan fingerprint density at radius 1 is 1.19 bits per heavy atom. The maximum absolute atomic E-state index is 9.20. The second-order valence-electron chi connectivity index (χ2n) is 5.41. The first-order valence-corrected chi connectivity index (χ1v) is 8.77. The lowest BCUT2D eigenvalue weighted by molar-refractivity contribution is 0.336. The Morgan fingerprint density at radius 3 is 2.24 bits per heavy atom. The Bertz CT molecular complexity index is 493. The van der Waals surface area contributed by atoms with Gasteiger partial charge in [-0.2, -0.15) is 9.66 Å². The Labute approximate surface area is 137 Å². The molecule has 0 unspecified atom stereocenters. The van der Waals surface area contributed by atoms with Gasteiger partial charge in [0.05, 0.1) is 12.1 Å². The quantitative estimate of drug-likeness (QED) is 0.427. The minimum Gasteiger partial charge on any atom is -0.226 e. The van der Waals surface area contributed by atoms with Crippen molar-refractivity contribution < 1.29 is 0 Å². The number of hydrogen-bond donors (Lipinski definition) is 0. The van der Waals surface area contributed by atoms with Gasteiger partial charge >= 0.3 is 0 Å². The Morgan fingerprint density at radius 2 is 1.76 bits per heavy atom. The second kappa shape index (κ2) is 9.14. The lowest BCUT2D eigenvalue weighted by Crippen LogP contribution is -2.30. The number of thioether (sulfide) groups is 1. The van der Waals surface area contributed by atoms with Crippen LogP contribution in [0.25, 0.3) is 0 Å². The molecule has 0 bridgehead atoms. The highest BCUT2D eigenvalue weighted by Crippen LogP contribution is 2.22. The van der Waals surface area contributed by atoms with E-state index in [1.165, 1.54) is 35.0 Å². The molecule has 0 saturated carbocycles. The summed E-state index contributed by atoms with van der Waals surface area (Å²) in [6, 6.07) is 11.3. The van der Waals surface area contributed by atoms with Crippen LogP contribution in [0.4, 0.5) is 0 Å². The van der Waals surface area contributed by atoms with Gasteiger partial charge in [-0.1, -0.05) is 41.6 Å². The number of rotatable bonds is 6. The Hall–Kier alpha value is -0.960. The number of hydrogen-bond acceptors (Lipinski definition) is 5. The zero-order valence-corrected chi connectivity index (χ0v) is 15.0. The Kier molecular flexibility index (Phi) is 7.87. The van der Waals surface area contributed by atoms with Crippen molar-refractivity contribution in [3.05, 3.63) is 35.4 Å². The van der Waals surface area contributed by atoms with Crippen LogP contribution >= 0.6 is 23.9 Å². The van der Waals surface area contributed by atoms with Crippen LogP contribution in [0.15, 0.2) is 28.7 Å². The first-order valence-electron chi connectivity index (χ1n) is 7.06. The molecule has 0 aliphatic rings. The maximum atomic E-state index is 9.20. The third-order valence-electron chi connectivity index (χ3n) is 2.83. The van der Waals surface area contributed by atoms with Crippen LogP contribution in [0.3, 0.4) is 0 Å². The zero-order chi connectivity index (χ0) is 15.8. The molecule has 0 N–H and O–H groups in total. The molecule has 1 rings (SSSR count). The lowest BCUT2D eigenvalue weighted by Gasteiger charge is -2.26. The molecule has 3 nitrogen and oxygen atoms in total. The molecule has 0 fully saturated rings. The number of benzene rings is 1. The van der Waals surface area contributed by atoms with Crippen molar-refractivity contribution in [2.24, 2.45) is 4.40 Å². The highest BCUT2D eigenvalue weighted by atomic mass is 32.2. The SMILES string of the molecule is Cc1ccc(CS/C(C#N)=N/SN(C(C)C)C(C)C)cc1.